The lowest BCUT2D eigenvalue weighted by Crippen LogP contribution is -2.45. The van der Waals surface area contributed by atoms with Gasteiger partial charge in [-0.15, -0.1) is 11.3 Å². The highest BCUT2D eigenvalue weighted by atomic mass is 35.5. The molecule has 1 aromatic heterocycles. The zero-order valence-corrected chi connectivity index (χ0v) is 24.1. The molecule has 0 amide bonds. The van der Waals surface area contributed by atoms with Crippen LogP contribution in [0.2, 0.25) is 10.0 Å². The molecule has 222 valence electrons. The highest BCUT2D eigenvalue weighted by molar-refractivity contribution is 7.93. The first kappa shape index (κ1) is 31.3. The zero-order chi connectivity index (χ0) is 29.9. The van der Waals surface area contributed by atoms with Crippen molar-refractivity contribution in [2.75, 3.05) is 4.72 Å². The maximum Gasteiger partial charge on any atom is 0.490 e. The molecule has 2 aromatic carbocycles. The first-order valence-electron chi connectivity index (χ1n) is 12.1. The number of carbonyl (C=O) groups is 1. The summed E-state index contributed by atoms with van der Waals surface area (Å²) in [5.41, 5.74) is 1.18. The van der Waals surface area contributed by atoms with Crippen LogP contribution in [-0.2, 0) is 21.4 Å². The Morgan fingerprint density at radius 3 is 2.39 bits per heavy atom. The summed E-state index contributed by atoms with van der Waals surface area (Å²) in [6.07, 6.45) is -0.0159. The summed E-state index contributed by atoms with van der Waals surface area (Å²) in [4.78, 5) is 14.7. The quantitative estimate of drug-likeness (QED) is 0.276. The Kier molecular flexibility index (Phi) is 9.69. The predicted octanol–water partition coefficient (Wildman–Crippen LogP) is 6.60. The number of benzene rings is 2. The van der Waals surface area contributed by atoms with Gasteiger partial charge in [-0.3, -0.25) is 9.62 Å². The highest BCUT2D eigenvalue weighted by Gasteiger charge is 2.42. The minimum atomic E-state index is -5.08. The summed E-state index contributed by atoms with van der Waals surface area (Å²) >= 11 is 13.6. The van der Waals surface area contributed by atoms with Gasteiger partial charge < -0.3 is 9.84 Å². The van der Waals surface area contributed by atoms with E-state index in [-0.39, 0.29) is 22.0 Å². The lowest BCUT2D eigenvalue weighted by Gasteiger charge is -2.39. The van der Waals surface area contributed by atoms with Gasteiger partial charge in [0, 0.05) is 41.3 Å². The third kappa shape index (κ3) is 8.01. The number of ether oxygens (including phenoxy) is 1. The lowest BCUT2D eigenvalue weighted by atomic mass is 9.98. The van der Waals surface area contributed by atoms with Crippen molar-refractivity contribution in [1.82, 2.24) is 9.88 Å². The number of carboxylic acids is 1. The largest absolute Gasteiger partial charge is 0.490 e. The van der Waals surface area contributed by atoms with Crippen LogP contribution in [0, 0.1) is 5.82 Å². The van der Waals surface area contributed by atoms with Gasteiger partial charge in [-0.1, -0.05) is 35.3 Å². The third-order valence-electron chi connectivity index (χ3n) is 6.56. The van der Waals surface area contributed by atoms with E-state index in [1.165, 1.54) is 11.8 Å². The van der Waals surface area contributed by atoms with Gasteiger partial charge in [0.1, 0.15) is 22.6 Å². The van der Waals surface area contributed by atoms with Crippen molar-refractivity contribution < 1.29 is 40.6 Å². The molecular weight excluding hydrogens is 633 g/mol. The van der Waals surface area contributed by atoms with Crippen LogP contribution >= 0.6 is 34.5 Å². The van der Waals surface area contributed by atoms with E-state index >= 15 is 0 Å². The molecule has 0 aliphatic carbocycles. The normalized spacial score (nSPS) is 20.7. The third-order valence-corrected chi connectivity index (χ3v) is 9.26. The number of rotatable bonds is 7. The van der Waals surface area contributed by atoms with Gasteiger partial charge in [-0.2, -0.15) is 13.2 Å². The molecule has 41 heavy (non-hydrogen) atoms. The number of alkyl halides is 3. The number of carboxylic acid groups (broad SMARTS) is 1. The molecule has 2 saturated heterocycles. The number of halogens is 6. The molecule has 2 fully saturated rings. The Morgan fingerprint density at radius 1 is 1.17 bits per heavy atom. The maximum absolute atomic E-state index is 14.8. The van der Waals surface area contributed by atoms with E-state index in [4.69, 9.17) is 37.8 Å². The molecule has 2 bridgehead atoms. The molecule has 0 radical (unpaired) electrons. The van der Waals surface area contributed by atoms with Crippen molar-refractivity contribution in [3.8, 4) is 5.75 Å². The monoisotopic (exact) mass is 655 g/mol. The topological polar surface area (TPSA) is 109 Å². The average Bonchev–Trinajstić information content (AvgIpc) is 3.45. The summed E-state index contributed by atoms with van der Waals surface area (Å²) in [7, 11) is -4.17. The summed E-state index contributed by atoms with van der Waals surface area (Å²) < 4.78 is 80.1. The Balaban J connectivity index is 0.000000493. The number of piperidine rings is 1. The van der Waals surface area contributed by atoms with Crippen LogP contribution in [0.25, 0.3) is 0 Å². The van der Waals surface area contributed by atoms with Crippen LogP contribution in [0.1, 0.15) is 31.2 Å². The van der Waals surface area contributed by atoms with Gasteiger partial charge in [0.2, 0.25) is 0 Å². The molecule has 0 saturated carbocycles. The lowest BCUT2D eigenvalue weighted by molar-refractivity contribution is -0.192. The van der Waals surface area contributed by atoms with Crippen molar-refractivity contribution >= 4 is 55.7 Å². The van der Waals surface area contributed by atoms with Crippen LogP contribution in [0.15, 0.2) is 52.9 Å². The first-order valence-corrected chi connectivity index (χ1v) is 15.2. The molecule has 2 aliphatic rings. The molecule has 3 aromatic rings. The van der Waals surface area contributed by atoms with E-state index in [2.05, 4.69) is 20.7 Å². The standard InChI is InChI=1S/C23H22Cl2FN3O3S2.C2HF3O2/c24-15-3-1-2-14(8-15)13-29-16-4-5-17(29)10-18(9-16)32-21-12-20(26)22(11-19(21)25)34(30,31)28-23-27-6-7-33-23;3-2(4,5)1(6)7/h1-3,6-8,11-12,16-18H,4-5,9-10,13H2,(H,27,28);(H,6,7)/t16-,17+,18+;. The van der Waals surface area contributed by atoms with E-state index in [0.717, 1.165) is 60.7 Å². The van der Waals surface area contributed by atoms with Crippen LogP contribution < -0.4 is 9.46 Å². The van der Waals surface area contributed by atoms with E-state index < -0.39 is 32.9 Å². The van der Waals surface area contributed by atoms with Crippen LogP contribution in [0.3, 0.4) is 0 Å². The Labute approximate surface area is 246 Å². The number of aromatic nitrogens is 1. The van der Waals surface area contributed by atoms with Gasteiger partial charge in [0.25, 0.3) is 10.0 Å². The second-order valence-corrected chi connectivity index (χ2v) is 12.7. The molecule has 2 N–H and O–H groups in total. The van der Waals surface area contributed by atoms with Crippen molar-refractivity contribution in [2.45, 2.75) is 61.5 Å². The van der Waals surface area contributed by atoms with Gasteiger partial charge in [0.15, 0.2) is 5.13 Å². The zero-order valence-electron chi connectivity index (χ0n) is 20.9. The van der Waals surface area contributed by atoms with Crippen LogP contribution in [-0.4, -0.2) is 53.7 Å². The second kappa shape index (κ2) is 12.7. The smallest absolute Gasteiger partial charge is 0.489 e. The van der Waals surface area contributed by atoms with E-state index in [0.29, 0.717) is 12.1 Å². The van der Waals surface area contributed by atoms with E-state index in [1.54, 1.807) is 5.38 Å². The minimum Gasteiger partial charge on any atom is -0.489 e. The molecule has 0 spiro atoms. The SMILES string of the molecule is O=C(O)C(F)(F)F.O=S(=O)(Nc1nccs1)c1cc(Cl)c(O[C@H]2C[C@H]3CC[C@@H](C2)N3Cc2cccc(Cl)c2)cc1F. The fourth-order valence-electron chi connectivity index (χ4n) is 4.85. The van der Waals surface area contributed by atoms with Crippen molar-refractivity contribution in [1.29, 1.82) is 0 Å². The molecular formula is C25H23Cl2F4N3O5S2. The highest BCUT2D eigenvalue weighted by Crippen LogP contribution is 2.40. The van der Waals surface area contributed by atoms with Gasteiger partial charge in [-0.25, -0.2) is 22.6 Å². The molecule has 3 heterocycles. The molecule has 3 atom stereocenters. The molecule has 8 nitrogen and oxygen atoms in total. The Bertz CT molecular complexity index is 1480. The minimum absolute atomic E-state index is 0.0506. The second-order valence-electron chi connectivity index (χ2n) is 9.36. The Hall–Kier alpha value is -2.65. The fourth-order valence-corrected chi connectivity index (χ4v) is 7.22. The van der Waals surface area contributed by atoms with Gasteiger partial charge >= 0.3 is 12.1 Å². The van der Waals surface area contributed by atoms with Crippen molar-refractivity contribution in [3.63, 3.8) is 0 Å². The number of fused-ring (bicyclic) bond motifs is 2. The first-order chi connectivity index (χ1) is 19.2. The number of sulfonamides is 1. The average molecular weight is 657 g/mol. The number of hydrogen-bond acceptors (Lipinski definition) is 7. The van der Waals surface area contributed by atoms with Crippen molar-refractivity contribution in [3.05, 3.63) is 69.4 Å². The number of hydrogen-bond donors (Lipinski definition) is 2. The number of aliphatic carboxylic acids is 1. The summed E-state index contributed by atoms with van der Waals surface area (Å²) in [6, 6.07) is 10.8. The summed E-state index contributed by atoms with van der Waals surface area (Å²) in [6.45, 7) is 0.830. The number of anilines is 1. The van der Waals surface area contributed by atoms with Gasteiger partial charge in [-0.05, 0) is 49.4 Å². The van der Waals surface area contributed by atoms with Crippen molar-refractivity contribution in [2.24, 2.45) is 0 Å². The maximum atomic E-state index is 14.8. The molecule has 2 aliphatic heterocycles. The molecule has 16 heteroatoms. The fraction of sp³-hybridized carbons (Fsp3) is 0.360. The van der Waals surface area contributed by atoms with E-state index in [1.807, 2.05) is 18.2 Å². The predicted molar refractivity (Wildman–Crippen MR) is 145 cm³/mol. The number of nitrogens with one attached hydrogen (secondary N) is 1. The molecule has 5 rings (SSSR count). The van der Waals surface area contributed by atoms with E-state index in [9.17, 15) is 26.0 Å². The number of nitrogens with zero attached hydrogens (tertiary/aromatic N) is 2. The Morgan fingerprint density at radius 2 is 1.83 bits per heavy atom. The molecule has 0 unspecified atom stereocenters. The summed E-state index contributed by atoms with van der Waals surface area (Å²) in [5.74, 6) is -3.53. The van der Waals surface area contributed by atoms with Gasteiger partial charge in [0.05, 0.1) is 5.02 Å². The number of thiazole rings is 1. The van der Waals surface area contributed by atoms with Crippen LogP contribution in [0.4, 0.5) is 22.7 Å². The summed E-state index contributed by atoms with van der Waals surface area (Å²) in [5, 5.41) is 9.67. The van der Waals surface area contributed by atoms with Crippen LogP contribution in [0.5, 0.6) is 5.75 Å².